The summed E-state index contributed by atoms with van der Waals surface area (Å²) in [4.78, 5) is 14.8. The lowest BCUT2D eigenvalue weighted by Gasteiger charge is -2.39. The molecule has 0 radical (unpaired) electrons. The molecule has 5 nitrogen and oxygen atoms in total. The number of rotatable bonds is 4. The van der Waals surface area contributed by atoms with Crippen LogP contribution in [0.25, 0.3) is 0 Å². The van der Waals surface area contributed by atoms with Gasteiger partial charge in [-0.1, -0.05) is 12.1 Å². The number of aromatic nitrogens is 2. The molecule has 1 aromatic carbocycles. The molecule has 2 unspecified atom stereocenters. The molecule has 2 atom stereocenters. The number of carbonyl (C=O) groups excluding carboxylic acids is 1. The Hall–Kier alpha value is -2.30. The summed E-state index contributed by atoms with van der Waals surface area (Å²) in [5.74, 6) is 0.880. The van der Waals surface area contributed by atoms with Crippen molar-refractivity contribution in [1.29, 1.82) is 0 Å². The van der Waals surface area contributed by atoms with Gasteiger partial charge in [0.05, 0.1) is 6.04 Å². The Bertz CT molecular complexity index is 699. The summed E-state index contributed by atoms with van der Waals surface area (Å²) in [6.45, 7) is 2.15. The van der Waals surface area contributed by atoms with Crippen molar-refractivity contribution in [2.75, 3.05) is 6.61 Å². The van der Waals surface area contributed by atoms with Gasteiger partial charge >= 0.3 is 0 Å². The largest absolute Gasteiger partial charge is 0.484 e. The summed E-state index contributed by atoms with van der Waals surface area (Å²) in [5.41, 5.74) is 1.14. The number of fused-ring (bicyclic) bond motifs is 2. The molecule has 0 aliphatic carbocycles. The Kier molecular flexibility index (Phi) is 4.00. The van der Waals surface area contributed by atoms with E-state index in [9.17, 15) is 4.79 Å². The SMILES string of the molecule is Cc1cccc(OCC(=O)N2C3CCC2CC(n2cccn2)C3)c1. The second-order valence-corrected chi connectivity index (χ2v) is 6.90. The van der Waals surface area contributed by atoms with Crippen molar-refractivity contribution in [2.45, 2.75) is 50.7 Å². The van der Waals surface area contributed by atoms with Crippen molar-refractivity contribution >= 4 is 5.91 Å². The number of piperidine rings is 1. The van der Waals surface area contributed by atoms with Gasteiger partial charge in [-0.3, -0.25) is 9.48 Å². The molecule has 0 N–H and O–H groups in total. The Morgan fingerprint density at radius 3 is 2.67 bits per heavy atom. The van der Waals surface area contributed by atoms with Crippen molar-refractivity contribution in [3.8, 4) is 5.75 Å². The first-order chi connectivity index (χ1) is 11.7. The molecule has 3 heterocycles. The van der Waals surface area contributed by atoms with E-state index in [1.807, 2.05) is 49.6 Å². The molecule has 1 amide bonds. The zero-order valence-electron chi connectivity index (χ0n) is 14.0. The number of carbonyl (C=O) groups is 1. The summed E-state index contributed by atoms with van der Waals surface area (Å²) in [6.07, 6.45) is 8.04. The predicted octanol–water partition coefficient (Wildman–Crippen LogP) is 2.97. The minimum atomic E-state index is 0.114. The van der Waals surface area contributed by atoms with Gasteiger partial charge in [-0.25, -0.2) is 0 Å². The Morgan fingerprint density at radius 2 is 2.00 bits per heavy atom. The molecule has 2 aromatic rings. The summed E-state index contributed by atoms with van der Waals surface area (Å²) in [7, 11) is 0. The summed E-state index contributed by atoms with van der Waals surface area (Å²) < 4.78 is 7.77. The van der Waals surface area contributed by atoms with Gasteiger partial charge in [0.15, 0.2) is 6.61 Å². The first-order valence-electron chi connectivity index (χ1n) is 8.70. The van der Waals surface area contributed by atoms with Crippen LogP contribution in [0.4, 0.5) is 0 Å². The zero-order valence-corrected chi connectivity index (χ0v) is 14.0. The molecule has 126 valence electrons. The first-order valence-corrected chi connectivity index (χ1v) is 8.70. The van der Waals surface area contributed by atoms with E-state index in [-0.39, 0.29) is 12.5 Å². The van der Waals surface area contributed by atoms with Crippen molar-refractivity contribution in [2.24, 2.45) is 0 Å². The van der Waals surface area contributed by atoms with E-state index >= 15 is 0 Å². The van der Waals surface area contributed by atoms with E-state index in [2.05, 4.69) is 14.7 Å². The van der Waals surface area contributed by atoms with Gasteiger partial charge in [-0.15, -0.1) is 0 Å². The number of amides is 1. The summed E-state index contributed by atoms with van der Waals surface area (Å²) >= 11 is 0. The molecule has 5 heteroatoms. The maximum Gasteiger partial charge on any atom is 0.261 e. The minimum Gasteiger partial charge on any atom is -0.484 e. The van der Waals surface area contributed by atoms with Crippen LogP contribution in [-0.2, 0) is 4.79 Å². The van der Waals surface area contributed by atoms with E-state index in [0.29, 0.717) is 18.1 Å². The van der Waals surface area contributed by atoms with Crippen LogP contribution in [0.3, 0.4) is 0 Å². The van der Waals surface area contributed by atoms with Crippen LogP contribution in [-0.4, -0.2) is 39.3 Å². The van der Waals surface area contributed by atoms with Gasteiger partial charge in [-0.05, 0) is 56.4 Å². The highest BCUT2D eigenvalue weighted by atomic mass is 16.5. The number of hydrogen-bond donors (Lipinski definition) is 0. The van der Waals surface area contributed by atoms with Gasteiger partial charge in [0.1, 0.15) is 5.75 Å². The van der Waals surface area contributed by atoms with Crippen LogP contribution in [0.2, 0.25) is 0 Å². The number of hydrogen-bond acceptors (Lipinski definition) is 3. The molecular formula is C19H23N3O2. The zero-order chi connectivity index (χ0) is 16.5. The fourth-order valence-electron chi connectivity index (χ4n) is 4.19. The second-order valence-electron chi connectivity index (χ2n) is 6.90. The molecule has 4 rings (SSSR count). The summed E-state index contributed by atoms with van der Waals surface area (Å²) in [6, 6.07) is 10.9. The average Bonchev–Trinajstić information content (AvgIpc) is 3.20. The van der Waals surface area contributed by atoms with Crippen molar-refractivity contribution in [3.63, 3.8) is 0 Å². The molecule has 1 aromatic heterocycles. The Balaban J connectivity index is 1.39. The predicted molar refractivity (Wildman–Crippen MR) is 90.8 cm³/mol. The van der Waals surface area contributed by atoms with E-state index < -0.39 is 0 Å². The minimum absolute atomic E-state index is 0.114. The van der Waals surface area contributed by atoms with Crippen molar-refractivity contribution < 1.29 is 9.53 Å². The lowest BCUT2D eigenvalue weighted by atomic mass is 9.97. The average molecular weight is 325 g/mol. The second kappa shape index (κ2) is 6.30. The highest BCUT2D eigenvalue weighted by molar-refractivity contribution is 5.79. The lowest BCUT2D eigenvalue weighted by molar-refractivity contribution is -0.138. The van der Waals surface area contributed by atoms with E-state index in [4.69, 9.17) is 4.74 Å². The van der Waals surface area contributed by atoms with Gasteiger partial charge in [0.2, 0.25) is 0 Å². The van der Waals surface area contributed by atoms with Crippen LogP contribution in [0.1, 0.15) is 37.3 Å². The lowest BCUT2D eigenvalue weighted by Crippen LogP contribution is -2.48. The molecule has 2 saturated heterocycles. The highest BCUT2D eigenvalue weighted by Gasteiger charge is 2.43. The van der Waals surface area contributed by atoms with Crippen molar-refractivity contribution in [3.05, 3.63) is 48.3 Å². The fraction of sp³-hybridized carbons (Fsp3) is 0.474. The normalized spacial score (nSPS) is 25.7. The highest BCUT2D eigenvalue weighted by Crippen LogP contribution is 2.40. The first kappa shape index (κ1) is 15.2. The smallest absolute Gasteiger partial charge is 0.261 e. The maximum atomic E-state index is 12.7. The monoisotopic (exact) mass is 325 g/mol. The van der Waals surface area contributed by atoms with Crippen molar-refractivity contribution in [1.82, 2.24) is 14.7 Å². The van der Waals surface area contributed by atoms with Gasteiger partial charge in [-0.2, -0.15) is 5.10 Å². The Morgan fingerprint density at radius 1 is 1.21 bits per heavy atom. The fourth-order valence-corrected chi connectivity index (χ4v) is 4.19. The third kappa shape index (κ3) is 2.90. The molecule has 2 aliphatic heterocycles. The topological polar surface area (TPSA) is 47.4 Å². The molecule has 2 aliphatic rings. The van der Waals surface area contributed by atoms with Crippen LogP contribution < -0.4 is 4.74 Å². The quantitative estimate of drug-likeness (QED) is 0.868. The molecular weight excluding hydrogens is 302 g/mol. The standard InChI is InChI=1S/C19H23N3O2/c1-14-4-2-5-18(10-14)24-13-19(23)22-15-6-7-16(22)12-17(11-15)21-9-3-8-20-21/h2-5,8-10,15-17H,6-7,11-13H2,1H3. The third-order valence-electron chi connectivity index (χ3n) is 5.25. The van der Waals surface area contributed by atoms with Crippen LogP contribution in [0.15, 0.2) is 42.7 Å². The number of ether oxygens (including phenoxy) is 1. The van der Waals surface area contributed by atoms with Gasteiger partial charge in [0.25, 0.3) is 5.91 Å². The number of nitrogens with zero attached hydrogens (tertiary/aromatic N) is 3. The molecule has 2 bridgehead atoms. The van der Waals surface area contributed by atoms with Crippen LogP contribution in [0, 0.1) is 6.92 Å². The van der Waals surface area contributed by atoms with E-state index in [1.54, 1.807) is 0 Å². The third-order valence-corrected chi connectivity index (χ3v) is 5.25. The molecule has 2 fully saturated rings. The molecule has 0 spiro atoms. The molecule has 0 saturated carbocycles. The van der Waals surface area contributed by atoms with E-state index in [1.165, 1.54) is 0 Å². The maximum absolute atomic E-state index is 12.7. The van der Waals surface area contributed by atoms with E-state index in [0.717, 1.165) is 37.0 Å². The van der Waals surface area contributed by atoms with Gasteiger partial charge < -0.3 is 9.64 Å². The van der Waals surface area contributed by atoms with Gasteiger partial charge in [0, 0.05) is 24.5 Å². The molecule has 24 heavy (non-hydrogen) atoms. The Labute approximate surface area is 142 Å². The van der Waals surface area contributed by atoms with Crippen LogP contribution >= 0.6 is 0 Å². The summed E-state index contributed by atoms with van der Waals surface area (Å²) in [5, 5.41) is 4.38. The van der Waals surface area contributed by atoms with Crippen LogP contribution in [0.5, 0.6) is 5.75 Å². The number of benzene rings is 1. The number of aryl methyl sites for hydroxylation is 1.